The quantitative estimate of drug-likeness (QED) is 0.141. The lowest BCUT2D eigenvalue weighted by Crippen LogP contribution is -2.44. The minimum Gasteiger partial charge on any atom is -0.464 e. The first-order valence-electron chi connectivity index (χ1n) is 12.0. The number of hydrogen-bond acceptors (Lipinski definition) is 5. The number of para-hydroxylation sites is 1. The SMILES string of the molecule is C[Si](C)(C)CCOC(=O)C(Cc1ccc(C(=O)Oc2c(Cl)cccc2Cl)cc1)NC(=O)c1c(Cl)cccc1Cl. The van der Waals surface area contributed by atoms with E-state index < -0.39 is 32.0 Å². The predicted octanol–water partition coefficient (Wildman–Crippen LogP) is 7.74. The van der Waals surface area contributed by atoms with Gasteiger partial charge < -0.3 is 14.8 Å². The van der Waals surface area contributed by atoms with Crippen LogP contribution in [0.25, 0.3) is 0 Å². The van der Waals surface area contributed by atoms with Crippen LogP contribution in [0.2, 0.25) is 45.8 Å². The van der Waals surface area contributed by atoms with Gasteiger partial charge in [-0.2, -0.15) is 0 Å². The fraction of sp³-hybridized carbons (Fsp3) is 0.250. The first-order valence-corrected chi connectivity index (χ1v) is 17.2. The first-order chi connectivity index (χ1) is 18.4. The van der Waals surface area contributed by atoms with E-state index in [2.05, 4.69) is 25.0 Å². The van der Waals surface area contributed by atoms with Crippen LogP contribution in [0.3, 0.4) is 0 Å². The van der Waals surface area contributed by atoms with Crippen molar-refractivity contribution in [3.05, 3.63) is 97.4 Å². The van der Waals surface area contributed by atoms with Gasteiger partial charge in [-0.1, -0.05) is 90.3 Å². The second kappa shape index (κ2) is 13.7. The van der Waals surface area contributed by atoms with Gasteiger partial charge in [0.05, 0.1) is 37.8 Å². The summed E-state index contributed by atoms with van der Waals surface area (Å²) < 4.78 is 10.9. The van der Waals surface area contributed by atoms with E-state index in [9.17, 15) is 14.4 Å². The second-order valence-electron chi connectivity index (χ2n) is 9.94. The molecule has 3 aromatic carbocycles. The molecule has 11 heteroatoms. The van der Waals surface area contributed by atoms with Crippen molar-refractivity contribution in [2.24, 2.45) is 0 Å². The average Bonchev–Trinajstić information content (AvgIpc) is 2.85. The van der Waals surface area contributed by atoms with Crippen LogP contribution in [0.4, 0.5) is 0 Å². The summed E-state index contributed by atoms with van der Waals surface area (Å²) in [7, 11) is -1.44. The molecule has 1 unspecified atom stereocenters. The van der Waals surface area contributed by atoms with Crippen molar-refractivity contribution >= 4 is 72.3 Å². The zero-order valence-electron chi connectivity index (χ0n) is 21.5. The van der Waals surface area contributed by atoms with Crippen molar-refractivity contribution in [3.63, 3.8) is 0 Å². The average molecular weight is 627 g/mol. The first kappa shape index (κ1) is 31.0. The fourth-order valence-electron chi connectivity index (χ4n) is 3.44. The van der Waals surface area contributed by atoms with Gasteiger partial charge in [-0.05, 0) is 48.0 Å². The van der Waals surface area contributed by atoms with Crippen LogP contribution in [-0.4, -0.2) is 38.6 Å². The highest BCUT2D eigenvalue weighted by atomic mass is 35.5. The highest BCUT2D eigenvalue weighted by molar-refractivity contribution is 6.76. The van der Waals surface area contributed by atoms with E-state index in [1.54, 1.807) is 48.5 Å². The summed E-state index contributed by atoms with van der Waals surface area (Å²) in [5.41, 5.74) is 0.980. The van der Waals surface area contributed by atoms with Crippen LogP contribution in [-0.2, 0) is 16.0 Å². The summed E-state index contributed by atoms with van der Waals surface area (Å²) >= 11 is 24.5. The van der Waals surface area contributed by atoms with Crippen LogP contribution < -0.4 is 10.1 Å². The Kier molecular flexibility index (Phi) is 10.9. The van der Waals surface area contributed by atoms with Crippen molar-refractivity contribution in [2.75, 3.05) is 6.61 Å². The molecule has 0 radical (unpaired) electrons. The Balaban J connectivity index is 1.76. The molecule has 1 N–H and O–H groups in total. The largest absolute Gasteiger partial charge is 0.464 e. The van der Waals surface area contributed by atoms with Crippen molar-refractivity contribution in [1.29, 1.82) is 0 Å². The Hall–Kier alpha value is -2.55. The molecule has 0 heterocycles. The molecule has 1 atom stereocenters. The van der Waals surface area contributed by atoms with Gasteiger partial charge in [-0.3, -0.25) is 4.79 Å². The van der Waals surface area contributed by atoms with Gasteiger partial charge in [0.15, 0.2) is 5.75 Å². The van der Waals surface area contributed by atoms with Gasteiger partial charge in [0.1, 0.15) is 6.04 Å². The normalized spacial score (nSPS) is 12.0. The monoisotopic (exact) mass is 625 g/mol. The topological polar surface area (TPSA) is 81.7 Å². The molecule has 0 fully saturated rings. The van der Waals surface area contributed by atoms with Gasteiger partial charge in [0.25, 0.3) is 5.91 Å². The third-order valence-electron chi connectivity index (χ3n) is 5.62. The zero-order valence-corrected chi connectivity index (χ0v) is 25.5. The lowest BCUT2D eigenvalue weighted by Gasteiger charge is -2.20. The van der Waals surface area contributed by atoms with Crippen LogP contribution in [0.5, 0.6) is 5.75 Å². The van der Waals surface area contributed by atoms with Crippen LogP contribution in [0.1, 0.15) is 26.3 Å². The van der Waals surface area contributed by atoms with Crippen molar-refractivity contribution in [3.8, 4) is 5.75 Å². The molecule has 0 spiro atoms. The van der Waals surface area contributed by atoms with Crippen LogP contribution in [0.15, 0.2) is 60.7 Å². The van der Waals surface area contributed by atoms with Gasteiger partial charge in [0.2, 0.25) is 0 Å². The van der Waals surface area contributed by atoms with E-state index in [0.717, 1.165) is 6.04 Å². The number of rotatable bonds is 10. The van der Waals surface area contributed by atoms with Gasteiger partial charge in [-0.15, -0.1) is 0 Å². The Morgan fingerprint density at radius 1 is 0.821 bits per heavy atom. The summed E-state index contributed by atoms with van der Waals surface area (Å²) in [5, 5.41) is 3.43. The minimum atomic E-state index is -1.44. The van der Waals surface area contributed by atoms with Crippen LogP contribution >= 0.6 is 46.4 Å². The predicted molar refractivity (Wildman–Crippen MR) is 158 cm³/mol. The number of halogens is 4. The van der Waals surface area contributed by atoms with Crippen molar-refractivity contribution < 1.29 is 23.9 Å². The Labute approximate surface area is 248 Å². The summed E-state index contributed by atoms with van der Waals surface area (Å²) in [6.45, 7) is 6.77. The Morgan fingerprint density at radius 3 is 1.90 bits per heavy atom. The molecule has 0 aliphatic rings. The molecule has 3 rings (SSSR count). The smallest absolute Gasteiger partial charge is 0.343 e. The molecule has 0 aromatic heterocycles. The van der Waals surface area contributed by atoms with Gasteiger partial charge >= 0.3 is 11.9 Å². The minimum absolute atomic E-state index is 0.0667. The molecule has 0 aliphatic carbocycles. The van der Waals surface area contributed by atoms with E-state index in [1.807, 2.05) is 0 Å². The number of esters is 2. The molecule has 39 heavy (non-hydrogen) atoms. The maximum atomic E-state index is 13.0. The molecular weight excluding hydrogens is 600 g/mol. The Bertz CT molecular complexity index is 1320. The number of amides is 1. The molecule has 6 nitrogen and oxygen atoms in total. The zero-order chi connectivity index (χ0) is 28.7. The molecule has 3 aromatic rings. The van der Waals surface area contributed by atoms with Gasteiger partial charge in [-0.25, -0.2) is 9.59 Å². The van der Waals surface area contributed by atoms with E-state index in [-0.39, 0.29) is 50.0 Å². The van der Waals surface area contributed by atoms with Gasteiger partial charge in [0, 0.05) is 14.5 Å². The molecule has 0 bridgehead atoms. The molecule has 0 saturated carbocycles. The fourth-order valence-corrected chi connectivity index (χ4v) is 5.20. The van der Waals surface area contributed by atoms with Crippen molar-refractivity contribution in [1.82, 2.24) is 5.32 Å². The standard InChI is InChI=1S/C28H27Cl4NO5Si/c1-39(2,3)15-14-37-28(36)23(33-26(34)24-19(29)6-4-7-20(24)30)16-17-10-12-18(13-11-17)27(35)38-25-21(31)8-5-9-22(25)32/h4-13,23H,14-16H2,1-3H3,(H,33,34). The summed E-state index contributed by atoms with van der Waals surface area (Å²) in [4.78, 5) is 38.7. The third kappa shape index (κ3) is 8.98. The van der Waals surface area contributed by atoms with Crippen LogP contribution in [0, 0.1) is 0 Å². The van der Waals surface area contributed by atoms with E-state index in [1.165, 1.54) is 12.1 Å². The van der Waals surface area contributed by atoms with Crippen molar-refractivity contribution in [2.45, 2.75) is 38.1 Å². The van der Waals surface area contributed by atoms with E-state index in [0.29, 0.717) is 5.56 Å². The Morgan fingerprint density at radius 2 is 1.36 bits per heavy atom. The number of carbonyl (C=O) groups excluding carboxylic acids is 3. The lowest BCUT2D eigenvalue weighted by molar-refractivity contribution is -0.145. The number of nitrogens with one attached hydrogen (secondary N) is 1. The molecule has 0 aliphatic heterocycles. The number of ether oxygens (including phenoxy) is 2. The van der Waals surface area contributed by atoms with E-state index in [4.69, 9.17) is 55.9 Å². The molecular formula is C28H27Cl4NO5Si. The maximum absolute atomic E-state index is 13.0. The molecule has 0 saturated heterocycles. The third-order valence-corrected chi connectivity index (χ3v) is 8.55. The number of carbonyl (C=O) groups is 3. The molecule has 206 valence electrons. The lowest BCUT2D eigenvalue weighted by atomic mass is 10.0. The summed E-state index contributed by atoms with van der Waals surface area (Å²) in [6, 6.07) is 15.6. The summed E-state index contributed by atoms with van der Waals surface area (Å²) in [5.74, 6) is -1.77. The molecule has 1 amide bonds. The summed E-state index contributed by atoms with van der Waals surface area (Å²) in [6.07, 6.45) is 0.102. The number of hydrogen-bond donors (Lipinski definition) is 1. The highest BCUT2D eigenvalue weighted by Crippen LogP contribution is 2.33. The van der Waals surface area contributed by atoms with E-state index >= 15 is 0 Å². The number of benzene rings is 3. The maximum Gasteiger partial charge on any atom is 0.343 e. The highest BCUT2D eigenvalue weighted by Gasteiger charge is 2.26. The second-order valence-corrected chi connectivity index (χ2v) is 17.2.